The van der Waals surface area contributed by atoms with Gasteiger partial charge in [0, 0.05) is 10.6 Å². The number of Topliss-reactive ketones (excluding diaryl/α,β-unsaturated/α-hetero) is 1. The molecule has 0 spiro atoms. The van der Waals surface area contributed by atoms with Crippen LogP contribution >= 0.6 is 11.3 Å². The molecule has 1 aliphatic heterocycles. The summed E-state index contributed by atoms with van der Waals surface area (Å²) in [5, 5.41) is 13.0. The Kier molecular flexibility index (Phi) is 5.13. The highest BCUT2D eigenvalue weighted by Gasteiger charge is 2.47. The van der Waals surface area contributed by atoms with E-state index >= 15 is 0 Å². The fourth-order valence-corrected chi connectivity index (χ4v) is 4.39. The molecule has 152 valence electrons. The molecule has 1 fully saturated rings. The number of aliphatic hydroxyl groups is 1. The van der Waals surface area contributed by atoms with Crippen molar-refractivity contribution in [2.75, 3.05) is 12.0 Å². The topological polar surface area (TPSA) is 66.8 Å². The van der Waals surface area contributed by atoms with Crippen LogP contribution in [0.2, 0.25) is 0 Å². The number of aliphatic hydroxyl groups excluding tert-OH is 1. The van der Waals surface area contributed by atoms with E-state index in [0.717, 1.165) is 5.56 Å². The number of anilines is 1. The highest BCUT2D eigenvalue weighted by atomic mass is 32.1. The lowest BCUT2D eigenvalue weighted by molar-refractivity contribution is -0.132. The van der Waals surface area contributed by atoms with Gasteiger partial charge >= 0.3 is 0 Å². The van der Waals surface area contributed by atoms with E-state index in [1.165, 1.54) is 47.6 Å². The molecule has 0 saturated carbocycles. The molecular formula is C23H18FNO4S. The normalized spacial score (nSPS) is 18.1. The number of ketones is 1. The second kappa shape index (κ2) is 7.76. The molecule has 2 heterocycles. The quantitative estimate of drug-likeness (QED) is 0.371. The number of rotatable bonds is 4. The van der Waals surface area contributed by atoms with Crippen molar-refractivity contribution in [1.82, 2.24) is 0 Å². The first kappa shape index (κ1) is 19.8. The highest BCUT2D eigenvalue weighted by Crippen LogP contribution is 2.44. The Morgan fingerprint density at radius 1 is 1.13 bits per heavy atom. The minimum Gasteiger partial charge on any atom is -0.507 e. The van der Waals surface area contributed by atoms with Crippen LogP contribution in [-0.2, 0) is 9.59 Å². The first-order valence-corrected chi connectivity index (χ1v) is 10.1. The van der Waals surface area contributed by atoms with Crippen molar-refractivity contribution in [3.05, 3.63) is 87.4 Å². The summed E-state index contributed by atoms with van der Waals surface area (Å²) >= 11 is 1.36. The van der Waals surface area contributed by atoms with Gasteiger partial charge in [-0.05, 0) is 54.8 Å². The van der Waals surface area contributed by atoms with Crippen LogP contribution in [-0.4, -0.2) is 23.9 Å². The fourth-order valence-electron chi connectivity index (χ4n) is 3.57. The van der Waals surface area contributed by atoms with Crippen molar-refractivity contribution in [2.24, 2.45) is 0 Å². The van der Waals surface area contributed by atoms with Crippen LogP contribution in [0.3, 0.4) is 0 Å². The minimum absolute atomic E-state index is 0.0318. The van der Waals surface area contributed by atoms with Gasteiger partial charge in [-0.1, -0.05) is 17.7 Å². The monoisotopic (exact) mass is 423 g/mol. The molecule has 7 heteroatoms. The molecule has 1 aromatic heterocycles. The Morgan fingerprint density at radius 3 is 2.50 bits per heavy atom. The maximum atomic E-state index is 13.4. The van der Waals surface area contributed by atoms with Crippen LogP contribution in [0.15, 0.2) is 65.6 Å². The molecule has 1 amide bonds. The zero-order chi connectivity index (χ0) is 21.4. The summed E-state index contributed by atoms with van der Waals surface area (Å²) in [5.41, 5.74) is 1.52. The summed E-state index contributed by atoms with van der Waals surface area (Å²) in [6.07, 6.45) is 0. The van der Waals surface area contributed by atoms with E-state index < -0.39 is 23.5 Å². The smallest absolute Gasteiger partial charge is 0.300 e. The molecule has 0 aliphatic carbocycles. The molecule has 1 N–H and O–H groups in total. The summed E-state index contributed by atoms with van der Waals surface area (Å²) in [6, 6.07) is 13.3. The van der Waals surface area contributed by atoms with Crippen molar-refractivity contribution in [2.45, 2.75) is 13.0 Å². The maximum Gasteiger partial charge on any atom is 0.300 e. The molecular weight excluding hydrogens is 405 g/mol. The van der Waals surface area contributed by atoms with Crippen molar-refractivity contribution >= 4 is 34.5 Å². The van der Waals surface area contributed by atoms with Gasteiger partial charge in [-0.3, -0.25) is 14.5 Å². The summed E-state index contributed by atoms with van der Waals surface area (Å²) < 4.78 is 18.8. The third-order valence-corrected chi connectivity index (χ3v) is 5.90. The number of hydrogen-bond donors (Lipinski definition) is 1. The van der Waals surface area contributed by atoms with Crippen LogP contribution in [0.5, 0.6) is 5.75 Å². The first-order valence-electron chi connectivity index (χ1n) is 9.17. The summed E-state index contributed by atoms with van der Waals surface area (Å²) in [7, 11) is 1.47. The number of ether oxygens (including phenoxy) is 1. The number of carbonyl (C=O) groups is 2. The van der Waals surface area contributed by atoms with Crippen LogP contribution in [0, 0.1) is 12.7 Å². The fraction of sp³-hybridized carbons (Fsp3) is 0.130. The van der Waals surface area contributed by atoms with Crippen LogP contribution in [0.4, 0.5) is 10.1 Å². The molecule has 5 nitrogen and oxygen atoms in total. The predicted octanol–water partition coefficient (Wildman–Crippen LogP) is 4.83. The largest absolute Gasteiger partial charge is 0.507 e. The Balaban J connectivity index is 1.95. The molecule has 3 aromatic rings. The van der Waals surface area contributed by atoms with Crippen molar-refractivity contribution < 1.29 is 23.8 Å². The molecule has 30 heavy (non-hydrogen) atoms. The van der Waals surface area contributed by atoms with E-state index in [4.69, 9.17) is 4.74 Å². The highest BCUT2D eigenvalue weighted by molar-refractivity contribution is 7.10. The second-order valence-corrected chi connectivity index (χ2v) is 7.84. The van der Waals surface area contributed by atoms with Gasteiger partial charge in [-0.15, -0.1) is 11.3 Å². The number of methoxy groups -OCH3 is 1. The average Bonchev–Trinajstić information content (AvgIpc) is 3.35. The number of aryl methyl sites for hydroxylation is 1. The number of nitrogens with zero attached hydrogens (tertiary/aromatic N) is 1. The molecule has 2 aromatic carbocycles. The van der Waals surface area contributed by atoms with Crippen molar-refractivity contribution in [3.8, 4) is 5.75 Å². The van der Waals surface area contributed by atoms with Gasteiger partial charge in [-0.25, -0.2) is 4.39 Å². The molecule has 1 saturated heterocycles. The SMILES string of the molecule is COc1ccc(C)cc1/C(O)=C1/C(=O)C(=O)N(c2ccc(F)cc2)C1c1cccs1. The van der Waals surface area contributed by atoms with E-state index in [0.29, 0.717) is 21.9 Å². The number of amides is 1. The number of hydrogen-bond acceptors (Lipinski definition) is 5. The first-order chi connectivity index (χ1) is 14.4. The Hall–Kier alpha value is -3.45. The molecule has 1 unspecified atom stereocenters. The van der Waals surface area contributed by atoms with Gasteiger partial charge in [0.05, 0.1) is 18.2 Å². The van der Waals surface area contributed by atoms with Crippen molar-refractivity contribution in [1.29, 1.82) is 0 Å². The minimum atomic E-state index is -0.833. The number of halogens is 1. The Labute approximate surface area is 176 Å². The van der Waals surface area contributed by atoms with Gasteiger partial charge < -0.3 is 9.84 Å². The molecule has 1 aliphatic rings. The lowest BCUT2D eigenvalue weighted by Crippen LogP contribution is -2.29. The van der Waals surface area contributed by atoms with E-state index in [1.807, 2.05) is 18.4 Å². The van der Waals surface area contributed by atoms with E-state index in [2.05, 4.69) is 0 Å². The molecule has 1 atom stereocenters. The zero-order valence-corrected chi connectivity index (χ0v) is 17.1. The van der Waals surface area contributed by atoms with Crippen molar-refractivity contribution in [3.63, 3.8) is 0 Å². The summed E-state index contributed by atoms with van der Waals surface area (Å²) in [6.45, 7) is 1.85. The number of carbonyl (C=O) groups excluding carboxylic acids is 2. The van der Waals surface area contributed by atoms with Crippen LogP contribution < -0.4 is 9.64 Å². The predicted molar refractivity (Wildman–Crippen MR) is 113 cm³/mol. The van der Waals surface area contributed by atoms with Gasteiger partial charge in [-0.2, -0.15) is 0 Å². The van der Waals surface area contributed by atoms with Gasteiger partial charge in [0.15, 0.2) is 0 Å². The average molecular weight is 423 g/mol. The third-order valence-electron chi connectivity index (χ3n) is 4.97. The number of thiophene rings is 1. The van der Waals surface area contributed by atoms with E-state index in [1.54, 1.807) is 24.3 Å². The second-order valence-electron chi connectivity index (χ2n) is 6.86. The van der Waals surface area contributed by atoms with Gasteiger partial charge in [0.25, 0.3) is 11.7 Å². The summed E-state index contributed by atoms with van der Waals surface area (Å²) in [5.74, 6) is -1.97. The van der Waals surface area contributed by atoms with E-state index in [-0.39, 0.29) is 11.3 Å². The Morgan fingerprint density at radius 2 is 1.87 bits per heavy atom. The molecule has 0 bridgehead atoms. The lowest BCUT2D eigenvalue weighted by atomic mass is 9.98. The van der Waals surface area contributed by atoms with Gasteiger partial charge in [0.1, 0.15) is 23.4 Å². The van der Waals surface area contributed by atoms with Crippen LogP contribution in [0.25, 0.3) is 5.76 Å². The molecule has 4 rings (SSSR count). The maximum absolute atomic E-state index is 13.4. The summed E-state index contributed by atoms with van der Waals surface area (Å²) in [4.78, 5) is 28.0. The Bertz CT molecular complexity index is 1150. The standard InChI is InChI=1S/C23H18FNO4S/c1-13-5-10-17(29-2)16(12-13)21(26)19-20(18-4-3-11-30-18)25(23(28)22(19)27)15-8-6-14(24)7-9-15/h3-12,20,26H,1-2H3/b21-19-. The molecule has 0 radical (unpaired) electrons. The van der Waals surface area contributed by atoms with Crippen LogP contribution in [0.1, 0.15) is 22.0 Å². The lowest BCUT2D eigenvalue weighted by Gasteiger charge is -2.24. The third kappa shape index (κ3) is 3.27. The zero-order valence-electron chi connectivity index (χ0n) is 16.3. The number of benzene rings is 2. The van der Waals surface area contributed by atoms with E-state index in [9.17, 15) is 19.1 Å². The van der Waals surface area contributed by atoms with Gasteiger partial charge in [0.2, 0.25) is 0 Å².